The Labute approximate surface area is 116 Å². The molecule has 1 rings (SSSR count). The molecular weight excluding hydrogens is 266 g/mol. The summed E-state index contributed by atoms with van der Waals surface area (Å²) in [6.45, 7) is 6.27. The highest BCUT2D eigenvalue weighted by Crippen LogP contribution is 2.35. The van der Waals surface area contributed by atoms with E-state index >= 15 is 0 Å². The number of anilines is 1. The van der Waals surface area contributed by atoms with E-state index in [1.807, 2.05) is 13.8 Å². The number of carbonyl (C=O) groups is 2. The van der Waals surface area contributed by atoms with Gasteiger partial charge in [-0.1, -0.05) is 0 Å². The van der Waals surface area contributed by atoms with E-state index in [-0.39, 0.29) is 12.4 Å². The number of nitrogens with zero attached hydrogens (tertiary/aromatic N) is 1. The lowest BCUT2D eigenvalue weighted by Crippen LogP contribution is -2.22. The van der Waals surface area contributed by atoms with Crippen LogP contribution in [0.5, 0.6) is 0 Å². The third kappa shape index (κ3) is 3.70. The molecule has 0 radical (unpaired) electrons. The van der Waals surface area contributed by atoms with Gasteiger partial charge in [-0.05, 0) is 26.3 Å². The first-order chi connectivity index (χ1) is 8.88. The van der Waals surface area contributed by atoms with E-state index in [0.717, 1.165) is 15.4 Å². The molecule has 0 atom stereocenters. The van der Waals surface area contributed by atoms with Crippen LogP contribution in [0.25, 0.3) is 0 Å². The fourth-order valence-electron chi connectivity index (χ4n) is 1.69. The number of carboxylic acid groups (broad SMARTS) is 1. The molecule has 0 fully saturated rings. The van der Waals surface area contributed by atoms with E-state index in [1.54, 1.807) is 18.9 Å². The van der Waals surface area contributed by atoms with Crippen molar-refractivity contribution >= 4 is 28.3 Å². The Balaban J connectivity index is 3.02. The minimum Gasteiger partial charge on any atom is -0.481 e. The number of aliphatic carboxylic acids is 1. The third-order valence-electron chi connectivity index (χ3n) is 2.85. The Kier molecular flexibility index (Phi) is 5.35. The SMILES string of the molecule is CCOC(=O)c1c(N(C)CCC(=O)O)sc(C)c1C. The van der Waals surface area contributed by atoms with Crippen molar-refractivity contribution in [3.05, 3.63) is 16.0 Å². The number of hydrogen-bond acceptors (Lipinski definition) is 5. The van der Waals surface area contributed by atoms with Crippen LogP contribution in [-0.4, -0.2) is 37.2 Å². The predicted molar refractivity (Wildman–Crippen MR) is 75.3 cm³/mol. The molecular formula is C13H19NO4S. The molecule has 1 heterocycles. The fraction of sp³-hybridized carbons (Fsp3) is 0.538. The van der Waals surface area contributed by atoms with Crippen LogP contribution in [-0.2, 0) is 9.53 Å². The van der Waals surface area contributed by atoms with Crippen LogP contribution in [0.3, 0.4) is 0 Å². The van der Waals surface area contributed by atoms with E-state index in [0.29, 0.717) is 18.7 Å². The summed E-state index contributed by atoms with van der Waals surface area (Å²) in [5.74, 6) is -1.20. The van der Waals surface area contributed by atoms with Crippen LogP contribution in [0.2, 0.25) is 0 Å². The number of thiophene rings is 1. The summed E-state index contributed by atoms with van der Waals surface area (Å²) in [6, 6.07) is 0. The Hall–Kier alpha value is -1.56. The minimum absolute atomic E-state index is 0.0365. The molecule has 0 amide bonds. The van der Waals surface area contributed by atoms with Crippen molar-refractivity contribution in [2.75, 3.05) is 25.1 Å². The van der Waals surface area contributed by atoms with Crippen LogP contribution >= 0.6 is 11.3 Å². The average Bonchev–Trinajstić information content (AvgIpc) is 2.63. The van der Waals surface area contributed by atoms with E-state index in [2.05, 4.69) is 0 Å². The van der Waals surface area contributed by atoms with E-state index in [4.69, 9.17) is 9.84 Å². The number of carbonyl (C=O) groups excluding carboxylic acids is 1. The standard InChI is InChI=1S/C13H19NO4S/c1-5-18-13(17)11-8(2)9(3)19-12(11)14(4)7-6-10(15)16/h5-7H2,1-4H3,(H,15,16). The number of esters is 1. The molecule has 0 aliphatic carbocycles. The summed E-state index contributed by atoms with van der Waals surface area (Å²) >= 11 is 1.49. The number of rotatable bonds is 6. The molecule has 6 heteroatoms. The number of ether oxygens (including phenoxy) is 1. The Morgan fingerprint density at radius 2 is 2.00 bits per heavy atom. The first-order valence-electron chi connectivity index (χ1n) is 6.08. The molecule has 19 heavy (non-hydrogen) atoms. The monoisotopic (exact) mass is 285 g/mol. The van der Waals surface area contributed by atoms with Gasteiger partial charge < -0.3 is 14.7 Å². The topological polar surface area (TPSA) is 66.8 Å². The molecule has 0 unspecified atom stereocenters. The highest BCUT2D eigenvalue weighted by atomic mass is 32.1. The van der Waals surface area contributed by atoms with Gasteiger partial charge in [0.05, 0.1) is 18.6 Å². The third-order valence-corrected chi connectivity index (χ3v) is 4.18. The molecule has 0 saturated carbocycles. The molecule has 1 N–H and O–H groups in total. The highest BCUT2D eigenvalue weighted by Gasteiger charge is 2.23. The highest BCUT2D eigenvalue weighted by molar-refractivity contribution is 7.16. The van der Waals surface area contributed by atoms with Crippen molar-refractivity contribution in [1.29, 1.82) is 0 Å². The molecule has 1 aromatic heterocycles. The Morgan fingerprint density at radius 1 is 1.37 bits per heavy atom. The van der Waals surface area contributed by atoms with Gasteiger partial charge in [-0.2, -0.15) is 0 Å². The van der Waals surface area contributed by atoms with Gasteiger partial charge in [-0.25, -0.2) is 4.79 Å². The van der Waals surface area contributed by atoms with Gasteiger partial charge in [-0.3, -0.25) is 4.79 Å². The lowest BCUT2D eigenvalue weighted by Gasteiger charge is -2.18. The summed E-state index contributed by atoms with van der Waals surface area (Å²) in [5.41, 5.74) is 1.46. The van der Waals surface area contributed by atoms with Crippen molar-refractivity contribution < 1.29 is 19.4 Å². The number of aryl methyl sites for hydroxylation is 1. The molecule has 1 aromatic rings. The van der Waals surface area contributed by atoms with Crippen molar-refractivity contribution in [1.82, 2.24) is 0 Å². The van der Waals surface area contributed by atoms with Crippen molar-refractivity contribution in [3.8, 4) is 0 Å². The zero-order valence-corrected chi connectivity index (χ0v) is 12.5. The van der Waals surface area contributed by atoms with Gasteiger partial charge in [0.15, 0.2) is 0 Å². The smallest absolute Gasteiger partial charge is 0.341 e. The zero-order valence-electron chi connectivity index (χ0n) is 11.6. The van der Waals surface area contributed by atoms with Crippen LogP contribution in [0.15, 0.2) is 0 Å². The van der Waals surface area contributed by atoms with Gasteiger partial charge in [-0.15, -0.1) is 11.3 Å². The molecule has 0 bridgehead atoms. The van der Waals surface area contributed by atoms with Gasteiger partial charge >= 0.3 is 11.9 Å². The van der Waals surface area contributed by atoms with Crippen LogP contribution in [0.1, 0.15) is 34.1 Å². The van der Waals surface area contributed by atoms with Crippen LogP contribution in [0, 0.1) is 13.8 Å². The van der Waals surface area contributed by atoms with Crippen LogP contribution < -0.4 is 4.90 Å². The summed E-state index contributed by atoms with van der Waals surface area (Å²) in [4.78, 5) is 25.4. The summed E-state index contributed by atoms with van der Waals surface area (Å²) < 4.78 is 5.06. The first kappa shape index (κ1) is 15.5. The summed E-state index contributed by atoms with van der Waals surface area (Å²) in [6.07, 6.45) is 0.0365. The summed E-state index contributed by atoms with van der Waals surface area (Å²) in [5, 5.41) is 9.49. The van der Waals surface area contributed by atoms with Gasteiger partial charge in [0.25, 0.3) is 0 Å². The maximum atomic E-state index is 12.0. The largest absolute Gasteiger partial charge is 0.481 e. The van der Waals surface area contributed by atoms with E-state index in [1.165, 1.54) is 11.3 Å². The lowest BCUT2D eigenvalue weighted by molar-refractivity contribution is -0.136. The summed E-state index contributed by atoms with van der Waals surface area (Å²) in [7, 11) is 1.79. The van der Waals surface area contributed by atoms with Gasteiger partial charge in [0.2, 0.25) is 0 Å². The molecule has 0 aromatic carbocycles. The lowest BCUT2D eigenvalue weighted by atomic mass is 10.1. The van der Waals surface area contributed by atoms with Crippen LogP contribution in [0.4, 0.5) is 5.00 Å². The van der Waals surface area contributed by atoms with Gasteiger partial charge in [0.1, 0.15) is 5.00 Å². The molecule has 0 aliphatic rings. The number of carboxylic acids is 1. The Bertz CT molecular complexity index is 481. The maximum absolute atomic E-state index is 12.0. The zero-order chi connectivity index (χ0) is 14.6. The quantitative estimate of drug-likeness (QED) is 0.813. The normalized spacial score (nSPS) is 10.3. The second-order valence-electron chi connectivity index (χ2n) is 4.25. The maximum Gasteiger partial charge on any atom is 0.341 e. The molecule has 0 saturated heterocycles. The fourth-order valence-corrected chi connectivity index (χ4v) is 2.82. The first-order valence-corrected chi connectivity index (χ1v) is 6.90. The van der Waals surface area contributed by atoms with Crippen molar-refractivity contribution in [2.45, 2.75) is 27.2 Å². The minimum atomic E-state index is -0.852. The van der Waals surface area contributed by atoms with Gasteiger partial charge in [0, 0.05) is 18.5 Å². The molecule has 106 valence electrons. The molecule has 5 nitrogen and oxygen atoms in total. The van der Waals surface area contributed by atoms with Crippen molar-refractivity contribution in [2.24, 2.45) is 0 Å². The van der Waals surface area contributed by atoms with Crippen molar-refractivity contribution in [3.63, 3.8) is 0 Å². The predicted octanol–water partition coefficient (Wildman–Crippen LogP) is 2.45. The van der Waals surface area contributed by atoms with E-state index < -0.39 is 5.97 Å². The molecule has 0 spiro atoms. The number of hydrogen-bond donors (Lipinski definition) is 1. The second kappa shape index (κ2) is 6.56. The second-order valence-corrected chi connectivity index (χ2v) is 5.45. The molecule has 0 aliphatic heterocycles. The van der Waals surface area contributed by atoms with E-state index in [9.17, 15) is 9.59 Å². The average molecular weight is 285 g/mol. The Morgan fingerprint density at radius 3 is 2.53 bits per heavy atom.